The summed E-state index contributed by atoms with van der Waals surface area (Å²) < 4.78 is 30.3. The number of hydrogen-bond donors (Lipinski definition) is 0. The van der Waals surface area contributed by atoms with Crippen molar-refractivity contribution in [3.63, 3.8) is 0 Å². The molecule has 0 saturated carbocycles. The summed E-state index contributed by atoms with van der Waals surface area (Å²) in [6.07, 6.45) is 4.07. The Balaban J connectivity index is 1.86. The molecule has 1 fully saturated rings. The van der Waals surface area contributed by atoms with E-state index >= 15 is 0 Å². The highest BCUT2D eigenvalue weighted by Gasteiger charge is 2.26. The molecular formula is C17H26N4O5S. The van der Waals surface area contributed by atoms with Gasteiger partial charge in [-0.25, -0.2) is 13.2 Å². The molecule has 27 heavy (non-hydrogen) atoms. The van der Waals surface area contributed by atoms with Crippen molar-refractivity contribution in [2.75, 3.05) is 45.6 Å². The van der Waals surface area contributed by atoms with Crippen LogP contribution in [0.5, 0.6) is 0 Å². The van der Waals surface area contributed by atoms with Crippen LogP contribution in [0.4, 0.5) is 4.79 Å². The van der Waals surface area contributed by atoms with E-state index in [2.05, 4.69) is 4.98 Å². The summed E-state index contributed by atoms with van der Waals surface area (Å²) in [7, 11) is -3.45. The number of sulfonamides is 1. The molecular weight excluding hydrogens is 372 g/mol. The number of rotatable bonds is 7. The third kappa shape index (κ3) is 6.47. The molecule has 2 heterocycles. The summed E-state index contributed by atoms with van der Waals surface area (Å²) in [5.74, 6) is -0.127. The van der Waals surface area contributed by atoms with Crippen molar-refractivity contribution in [2.45, 2.75) is 19.9 Å². The number of carbonyl (C=O) groups is 2. The van der Waals surface area contributed by atoms with Crippen molar-refractivity contribution in [2.24, 2.45) is 0 Å². The predicted molar refractivity (Wildman–Crippen MR) is 99.3 cm³/mol. The van der Waals surface area contributed by atoms with Crippen molar-refractivity contribution in [1.82, 2.24) is 19.1 Å². The lowest BCUT2D eigenvalue weighted by atomic mass is 10.2. The van der Waals surface area contributed by atoms with Crippen molar-refractivity contribution in [3.05, 3.63) is 30.1 Å². The standard InChI is InChI=1S/C17H26N4O5S/c1-3-26-17(23)20-11-9-19(10-12-20)16(22)6-8-21(27(2,24)25)14-15-5-4-7-18-13-15/h4-5,7,13H,3,6,8-12,14H2,1-2H3. The van der Waals surface area contributed by atoms with Crippen molar-refractivity contribution < 1.29 is 22.7 Å². The van der Waals surface area contributed by atoms with E-state index < -0.39 is 10.0 Å². The molecule has 1 saturated heterocycles. The van der Waals surface area contributed by atoms with Gasteiger partial charge in [-0.15, -0.1) is 0 Å². The summed E-state index contributed by atoms with van der Waals surface area (Å²) in [5.41, 5.74) is 0.762. The van der Waals surface area contributed by atoms with Gasteiger partial charge in [-0.3, -0.25) is 9.78 Å². The number of carbonyl (C=O) groups excluding carboxylic acids is 2. The average molecular weight is 398 g/mol. The maximum atomic E-state index is 12.4. The van der Waals surface area contributed by atoms with Crippen LogP contribution in [0.15, 0.2) is 24.5 Å². The van der Waals surface area contributed by atoms with Gasteiger partial charge in [-0.1, -0.05) is 6.07 Å². The molecule has 0 N–H and O–H groups in total. The van der Waals surface area contributed by atoms with Crippen LogP contribution >= 0.6 is 0 Å². The second kappa shape index (κ2) is 9.65. The lowest BCUT2D eigenvalue weighted by Gasteiger charge is -2.34. The molecule has 0 unspecified atom stereocenters. The molecule has 10 heteroatoms. The lowest BCUT2D eigenvalue weighted by Crippen LogP contribution is -2.51. The highest BCUT2D eigenvalue weighted by molar-refractivity contribution is 7.88. The zero-order chi connectivity index (χ0) is 19.9. The highest BCUT2D eigenvalue weighted by Crippen LogP contribution is 2.10. The van der Waals surface area contributed by atoms with Crippen LogP contribution < -0.4 is 0 Å². The quantitative estimate of drug-likeness (QED) is 0.664. The summed E-state index contributed by atoms with van der Waals surface area (Å²) in [5, 5.41) is 0. The fraction of sp³-hybridized carbons (Fsp3) is 0.588. The Kier molecular flexibility index (Phi) is 7.55. The molecule has 0 atom stereocenters. The van der Waals surface area contributed by atoms with E-state index in [-0.39, 0.29) is 31.5 Å². The van der Waals surface area contributed by atoms with Gasteiger partial charge in [0.2, 0.25) is 15.9 Å². The summed E-state index contributed by atoms with van der Waals surface area (Å²) in [4.78, 5) is 31.3. The Bertz CT molecular complexity index is 733. The lowest BCUT2D eigenvalue weighted by molar-refractivity contribution is -0.132. The Morgan fingerprint density at radius 1 is 1.22 bits per heavy atom. The minimum absolute atomic E-state index is 0.0900. The molecule has 0 bridgehead atoms. The molecule has 0 radical (unpaired) electrons. The summed E-state index contributed by atoms with van der Waals surface area (Å²) >= 11 is 0. The van der Waals surface area contributed by atoms with E-state index in [0.29, 0.717) is 32.8 Å². The Morgan fingerprint density at radius 3 is 2.44 bits per heavy atom. The smallest absolute Gasteiger partial charge is 0.409 e. The number of aromatic nitrogens is 1. The monoisotopic (exact) mass is 398 g/mol. The third-order valence-corrected chi connectivity index (χ3v) is 5.53. The number of piperazine rings is 1. The predicted octanol–water partition coefficient (Wildman–Crippen LogP) is 0.534. The van der Waals surface area contributed by atoms with Crippen LogP contribution in [0.3, 0.4) is 0 Å². The van der Waals surface area contributed by atoms with Gasteiger partial charge in [-0.2, -0.15) is 4.31 Å². The zero-order valence-corrected chi connectivity index (χ0v) is 16.5. The van der Waals surface area contributed by atoms with Gasteiger partial charge < -0.3 is 14.5 Å². The second-order valence-corrected chi connectivity index (χ2v) is 8.26. The van der Waals surface area contributed by atoms with E-state index in [1.54, 1.807) is 41.2 Å². The number of amides is 2. The van der Waals surface area contributed by atoms with E-state index in [4.69, 9.17) is 4.74 Å². The maximum Gasteiger partial charge on any atom is 0.409 e. The second-order valence-electron chi connectivity index (χ2n) is 6.27. The Labute approximate surface area is 160 Å². The average Bonchev–Trinajstić information content (AvgIpc) is 2.65. The van der Waals surface area contributed by atoms with Gasteiger partial charge >= 0.3 is 6.09 Å². The van der Waals surface area contributed by atoms with E-state index in [0.717, 1.165) is 11.8 Å². The largest absolute Gasteiger partial charge is 0.450 e. The van der Waals surface area contributed by atoms with Gasteiger partial charge in [0, 0.05) is 58.1 Å². The topological polar surface area (TPSA) is 100 Å². The number of hydrogen-bond acceptors (Lipinski definition) is 6. The molecule has 1 aliphatic rings. The van der Waals surface area contributed by atoms with Crippen molar-refractivity contribution in [1.29, 1.82) is 0 Å². The van der Waals surface area contributed by atoms with Gasteiger partial charge in [-0.05, 0) is 18.6 Å². The maximum absolute atomic E-state index is 12.4. The van der Waals surface area contributed by atoms with Gasteiger partial charge in [0.05, 0.1) is 12.9 Å². The molecule has 2 rings (SSSR count). The SMILES string of the molecule is CCOC(=O)N1CCN(C(=O)CCN(Cc2cccnc2)S(C)(=O)=O)CC1. The summed E-state index contributed by atoms with van der Waals surface area (Å²) in [6, 6.07) is 3.53. The molecule has 0 spiro atoms. The first-order valence-corrected chi connectivity index (χ1v) is 10.7. The molecule has 1 aliphatic heterocycles. The molecule has 9 nitrogen and oxygen atoms in total. The van der Waals surface area contributed by atoms with Gasteiger partial charge in [0.15, 0.2) is 0 Å². The van der Waals surface area contributed by atoms with Crippen LogP contribution in [0.25, 0.3) is 0 Å². The number of nitrogens with zero attached hydrogens (tertiary/aromatic N) is 4. The van der Waals surface area contributed by atoms with Crippen LogP contribution in [0.2, 0.25) is 0 Å². The first kappa shape index (κ1) is 21.1. The molecule has 0 aliphatic carbocycles. The Morgan fingerprint density at radius 2 is 1.89 bits per heavy atom. The zero-order valence-electron chi connectivity index (χ0n) is 15.7. The van der Waals surface area contributed by atoms with E-state index in [1.165, 1.54) is 4.31 Å². The first-order valence-electron chi connectivity index (χ1n) is 8.84. The fourth-order valence-corrected chi connectivity index (χ4v) is 3.60. The molecule has 1 aromatic rings. The van der Waals surface area contributed by atoms with Crippen molar-refractivity contribution >= 4 is 22.0 Å². The molecule has 150 valence electrons. The summed E-state index contributed by atoms with van der Waals surface area (Å²) in [6.45, 7) is 4.00. The van der Waals surface area contributed by atoms with Crippen LogP contribution in [0.1, 0.15) is 18.9 Å². The van der Waals surface area contributed by atoms with Crippen LogP contribution in [0, 0.1) is 0 Å². The number of ether oxygens (including phenoxy) is 1. The van der Waals surface area contributed by atoms with E-state index in [1.807, 2.05) is 0 Å². The fourth-order valence-electron chi connectivity index (χ4n) is 2.79. The Hall–Kier alpha value is -2.20. The van der Waals surface area contributed by atoms with Crippen LogP contribution in [-0.4, -0.2) is 85.1 Å². The highest BCUT2D eigenvalue weighted by atomic mass is 32.2. The number of pyridine rings is 1. The molecule has 1 aromatic heterocycles. The van der Waals surface area contributed by atoms with Crippen LogP contribution in [-0.2, 0) is 26.1 Å². The van der Waals surface area contributed by atoms with Crippen molar-refractivity contribution in [3.8, 4) is 0 Å². The van der Waals surface area contributed by atoms with E-state index in [9.17, 15) is 18.0 Å². The third-order valence-electron chi connectivity index (χ3n) is 4.28. The minimum Gasteiger partial charge on any atom is -0.450 e. The van der Waals surface area contributed by atoms with Gasteiger partial charge in [0.1, 0.15) is 0 Å². The first-order chi connectivity index (χ1) is 12.8. The molecule has 0 aromatic carbocycles. The molecule has 2 amide bonds. The normalized spacial score (nSPS) is 15.1. The van der Waals surface area contributed by atoms with Gasteiger partial charge in [0.25, 0.3) is 0 Å². The minimum atomic E-state index is -3.45.